The first-order valence-electron chi connectivity index (χ1n) is 8.60. The third kappa shape index (κ3) is 2.65. The Hall–Kier alpha value is -2.08. The number of carboxylic acid groups (broad SMARTS) is 1. The Morgan fingerprint density at radius 3 is 2.58 bits per heavy atom. The maximum absolute atomic E-state index is 13.0. The van der Waals surface area contributed by atoms with Crippen molar-refractivity contribution in [3.05, 3.63) is 29.8 Å². The van der Waals surface area contributed by atoms with Crippen molar-refractivity contribution in [2.45, 2.75) is 6.42 Å². The number of rotatable bonds is 3. The van der Waals surface area contributed by atoms with Gasteiger partial charge in [0.2, 0.25) is 0 Å². The SMILES string of the molecule is O=C(O)[C@@H]1[C@@H]2CCN(C(=O)c3ccccc3N3CCOCC3)C[C@@H]21. The molecule has 6 nitrogen and oxygen atoms in total. The topological polar surface area (TPSA) is 70.1 Å². The highest BCUT2D eigenvalue weighted by atomic mass is 16.5. The van der Waals surface area contributed by atoms with Crippen molar-refractivity contribution in [2.24, 2.45) is 17.8 Å². The number of hydrogen-bond acceptors (Lipinski definition) is 4. The summed E-state index contributed by atoms with van der Waals surface area (Å²) in [6, 6.07) is 7.71. The van der Waals surface area contributed by atoms with Gasteiger partial charge in [-0.25, -0.2) is 0 Å². The molecule has 128 valence electrons. The van der Waals surface area contributed by atoms with Gasteiger partial charge in [0.15, 0.2) is 0 Å². The van der Waals surface area contributed by atoms with Crippen LogP contribution in [-0.2, 0) is 9.53 Å². The minimum atomic E-state index is -0.715. The summed E-state index contributed by atoms with van der Waals surface area (Å²) in [4.78, 5) is 28.3. The van der Waals surface area contributed by atoms with E-state index in [2.05, 4.69) is 4.90 Å². The molecular weight excluding hydrogens is 308 g/mol. The Bertz CT molecular complexity index is 656. The number of ether oxygens (including phenoxy) is 1. The standard InChI is InChI=1S/C18H22N2O4/c21-17(20-6-5-12-14(11-20)16(12)18(22)23)13-3-1-2-4-15(13)19-7-9-24-10-8-19/h1-4,12,14,16H,5-11H2,(H,22,23)/t12-,14+,16-/m1/s1. The second-order valence-corrected chi connectivity index (χ2v) is 6.85. The van der Waals surface area contributed by atoms with Crippen LogP contribution < -0.4 is 4.90 Å². The van der Waals surface area contributed by atoms with Gasteiger partial charge >= 0.3 is 5.97 Å². The molecule has 0 unspecified atom stereocenters. The van der Waals surface area contributed by atoms with Crippen LogP contribution in [0.2, 0.25) is 0 Å². The van der Waals surface area contributed by atoms with Crippen molar-refractivity contribution in [3.8, 4) is 0 Å². The highest BCUT2D eigenvalue weighted by Crippen LogP contribution is 2.51. The number of fused-ring (bicyclic) bond motifs is 1. The molecule has 4 rings (SSSR count). The Morgan fingerprint density at radius 2 is 1.83 bits per heavy atom. The number of likely N-dealkylation sites (tertiary alicyclic amines) is 1. The van der Waals surface area contributed by atoms with Crippen molar-refractivity contribution in [1.29, 1.82) is 0 Å². The number of aliphatic carboxylic acids is 1. The summed E-state index contributed by atoms with van der Waals surface area (Å²) in [7, 11) is 0. The highest BCUT2D eigenvalue weighted by molar-refractivity contribution is 6.00. The fraction of sp³-hybridized carbons (Fsp3) is 0.556. The molecule has 1 N–H and O–H groups in total. The van der Waals surface area contributed by atoms with Gasteiger partial charge in [0.25, 0.3) is 5.91 Å². The molecule has 0 spiro atoms. The van der Waals surface area contributed by atoms with Crippen molar-refractivity contribution < 1.29 is 19.4 Å². The van der Waals surface area contributed by atoms with Crippen LogP contribution in [0.5, 0.6) is 0 Å². The van der Waals surface area contributed by atoms with Crippen molar-refractivity contribution >= 4 is 17.6 Å². The van der Waals surface area contributed by atoms with Gasteiger partial charge in [-0.05, 0) is 30.4 Å². The Kier molecular flexibility index (Phi) is 3.92. The summed E-state index contributed by atoms with van der Waals surface area (Å²) < 4.78 is 5.40. The summed E-state index contributed by atoms with van der Waals surface area (Å²) in [5.41, 5.74) is 1.67. The summed E-state index contributed by atoms with van der Waals surface area (Å²) >= 11 is 0. The number of hydrogen-bond donors (Lipinski definition) is 1. The minimum Gasteiger partial charge on any atom is -0.481 e. The number of benzene rings is 1. The molecule has 1 amide bonds. The number of morpholine rings is 1. The Labute approximate surface area is 141 Å². The maximum Gasteiger partial charge on any atom is 0.307 e. The molecule has 0 aromatic heterocycles. The monoisotopic (exact) mass is 330 g/mol. The second-order valence-electron chi connectivity index (χ2n) is 6.85. The fourth-order valence-corrected chi connectivity index (χ4v) is 4.19. The lowest BCUT2D eigenvalue weighted by Crippen LogP contribution is -2.40. The number of anilines is 1. The Morgan fingerprint density at radius 1 is 1.08 bits per heavy atom. The van der Waals surface area contributed by atoms with Gasteiger partial charge in [0.1, 0.15) is 0 Å². The van der Waals surface area contributed by atoms with E-state index in [0.29, 0.717) is 31.9 Å². The lowest BCUT2D eigenvalue weighted by atomic mass is 10.1. The summed E-state index contributed by atoms with van der Waals surface area (Å²) in [5.74, 6) is -0.548. The van der Waals surface area contributed by atoms with Crippen LogP contribution in [0, 0.1) is 17.8 Å². The van der Waals surface area contributed by atoms with E-state index in [9.17, 15) is 14.7 Å². The average Bonchev–Trinajstić information content (AvgIpc) is 3.35. The van der Waals surface area contributed by atoms with Gasteiger partial charge in [-0.1, -0.05) is 12.1 Å². The molecule has 1 aromatic rings. The molecule has 3 aliphatic rings. The molecule has 0 bridgehead atoms. The number of carboxylic acids is 1. The zero-order valence-electron chi connectivity index (χ0n) is 13.6. The summed E-state index contributed by atoms with van der Waals surface area (Å²) in [6.07, 6.45) is 0.799. The number of carbonyl (C=O) groups excluding carboxylic acids is 1. The smallest absolute Gasteiger partial charge is 0.307 e. The van der Waals surface area contributed by atoms with Crippen molar-refractivity contribution in [1.82, 2.24) is 4.90 Å². The van der Waals surface area contributed by atoms with Crippen LogP contribution in [0.1, 0.15) is 16.8 Å². The predicted molar refractivity (Wildman–Crippen MR) is 88.1 cm³/mol. The zero-order valence-corrected chi connectivity index (χ0v) is 13.6. The molecule has 2 saturated heterocycles. The largest absolute Gasteiger partial charge is 0.481 e. The van der Waals surface area contributed by atoms with E-state index in [0.717, 1.165) is 25.2 Å². The van der Waals surface area contributed by atoms with E-state index in [4.69, 9.17) is 4.74 Å². The molecular formula is C18H22N2O4. The fourth-order valence-electron chi connectivity index (χ4n) is 4.19. The van der Waals surface area contributed by atoms with Crippen molar-refractivity contribution in [2.75, 3.05) is 44.3 Å². The van der Waals surface area contributed by atoms with Gasteiger partial charge in [-0.15, -0.1) is 0 Å². The van der Waals surface area contributed by atoms with E-state index < -0.39 is 5.97 Å². The lowest BCUT2D eigenvalue weighted by molar-refractivity contribution is -0.139. The molecule has 0 radical (unpaired) electrons. The van der Waals surface area contributed by atoms with Gasteiger partial charge < -0.3 is 19.6 Å². The third-order valence-corrected chi connectivity index (χ3v) is 5.55. The van der Waals surface area contributed by atoms with E-state index >= 15 is 0 Å². The first kappa shape index (κ1) is 15.4. The van der Waals surface area contributed by atoms with Gasteiger partial charge in [0.05, 0.1) is 24.7 Å². The normalized spacial score (nSPS) is 29.1. The molecule has 2 aliphatic heterocycles. The average molecular weight is 330 g/mol. The molecule has 3 atom stereocenters. The lowest BCUT2D eigenvalue weighted by Gasteiger charge is -2.32. The number of amides is 1. The van der Waals surface area contributed by atoms with Gasteiger partial charge in [-0.2, -0.15) is 0 Å². The van der Waals surface area contributed by atoms with E-state index in [1.165, 1.54) is 0 Å². The summed E-state index contributed by atoms with van der Waals surface area (Å²) in [6.45, 7) is 4.15. The zero-order chi connectivity index (χ0) is 16.7. The molecule has 24 heavy (non-hydrogen) atoms. The van der Waals surface area contributed by atoms with E-state index in [-0.39, 0.29) is 23.7 Å². The second kappa shape index (κ2) is 6.09. The highest BCUT2D eigenvalue weighted by Gasteiger charge is 2.57. The Balaban J connectivity index is 1.52. The van der Waals surface area contributed by atoms with E-state index in [1.807, 2.05) is 29.2 Å². The van der Waals surface area contributed by atoms with Crippen LogP contribution in [0.4, 0.5) is 5.69 Å². The van der Waals surface area contributed by atoms with Crippen LogP contribution >= 0.6 is 0 Å². The summed E-state index contributed by atoms with van der Waals surface area (Å²) in [5, 5.41) is 9.22. The maximum atomic E-state index is 13.0. The quantitative estimate of drug-likeness (QED) is 0.905. The number of piperidine rings is 1. The number of carbonyl (C=O) groups is 2. The van der Waals surface area contributed by atoms with Crippen LogP contribution in [0.25, 0.3) is 0 Å². The van der Waals surface area contributed by atoms with Crippen LogP contribution in [0.15, 0.2) is 24.3 Å². The molecule has 2 heterocycles. The predicted octanol–water partition coefficient (Wildman–Crippen LogP) is 1.32. The third-order valence-electron chi connectivity index (χ3n) is 5.55. The molecule has 1 aliphatic carbocycles. The molecule has 1 saturated carbocycles. The molecule has 1 aromatic carbocycles. The van der Waals surface area contributed by atoms with Crippen molar-refractivity contribution in [3.63, 3.8) is 0 Å². The first-order chi connectivity index (χ1) is 11.7. The number of nitrogens with zero attached hydrogens (tertiary/aromatic N) is 2. The van der Waals surface area contributed by atoms with Gasteiger partial charge in [-0.3, -0.25) is 9.59 Å². The van der Waals surface area contributed by atoms with Gasteiger partial charge in [0, 0.05) is 31.9 Å². The van der Waals surface area contributed by atoms with Crippen LogP contribution in [0.3, 0.4) is 0 Å². The van der Waals surface area contributed by atoms with Crippen LogP contribution in [-0.4, -0.2) is 61.3 Å². The van der Waals surface area contributed by atoms with E-state index in [1.54, 1.807) is 0 Å². The first-order valence-corrected chi connectivity index (χ1v) is 8.60. The molecule has 6 heteroatoms. The number of para-hydroxylation sites is 1. The minimum absolute atomic E-state index is 0.0200. The molecule has 3 fully saturated rings.